The molecule has 6 heteroatoms. The SMILES string of the molecule is CCCc1noc(CCC(=O)NC(C)c2ccc(F)cc2)n1. The maximum absolute atomic E-state index is 12.9. The van der Waals surface area contributed by atoms with E-state index < -0.39 is 0 Å². The van der Waals surface area contributed by atoms with Gasteiger partial charge >= 0.3 is 0 Å². The fourth-order valence-corrected chi connectivity index (χ4v) is 2.09. The number of aromatic nitrogens is 2. The van der Waals surface area contributed by atoms with Crippen molar-refractivity contribution in [2.75, 3.05) is 0 Å². The van der Waals surface area contributed by atoms with Crippen molar-refractivity contribution in [3.8, 4) is 0 Å². The number of hydrogen-bond acceptors (Lipinski definition) is 4. The Bertz CT molecular complexity index is 610. The third-order valence-corrected chi connectivity index (χ3v) is 3.30. The Morgan fingerprint density at radius 3 is 2.73 bits per heavy atom. The van der Waals surface area contributed by atoms with Gasteiger partial charge in [-0.2, -0.15) is 4.98 Å². The van der Waals surface area contributed by atoms with Crippen molar-refractivity contribution in [3.05, 3.63) is 47.4 Å². The fraction of sp³-hybridized carbons (Fsp3) is 0.438. The van der Waals surface area contributed by atoms with E-state index in [1.54, 1.807) is 12.1 Å². The smallest absolute Gasteiger partial charge is 0.227 e. The van der Waals surface area contributed by atoms with Gasteiger partial charge in [0.2, 0.25) is 11.8 Å². The molecule has 0 spiro atoms. The van der Waals surface area contributed by atoms with E-state index in [2.05, 4.69) is 15.5 Å². The minimum Gasteiger partial charge on any atom is -0.350 e. The summed E-state index contributed by atoms with van der Waals surface area (Å²) in [4.78, 5) is 16.1. The van der Waals surface area contributed by atoms with Crippen LogP contribution in [0.25, 0.3) is 0 Å². The molecule has 1 atom stereocenters. The number of nitrogens with zero attached hydrogens (tertiary/aromatic N) is 2. The van der Waals surface area contributed by atoms with Gasteiger partial charge in [0.25, 0.3) is 0 Å². The van der Waals surface area contributed by atoms with Crippen LogP contribution in [0.5, 0.6) is 0 Å². The average molecular weight is 305 g/mol. The van der Waals surface area contributed by atoms with Gasteiger partial charge < -0.3 is 9.84 Å². The van der Waals surface area contributed by atoms with Crippen LogP contribution in [0.15, 0.2) is 28.8 Å². The molecule has 1 unspecified atom stereocenters. The molecule has 0 aliphatic rings. The Labute approximate surface area is 128 Å². The van der Waals surface area contributed by atoms with Gasteiger partial charge in [0.05, 0.1) is 6.04 Å². The van der Waals surface area contributed by atoms with E-state index in [0.29, 0.717) is 18.1 Å². The molecular formula is C16H20FN3O2. The number of benzene rings is 1. The van der Waals surface area contributed by atoms with Crippen LogP contribution in [-0.2, 0) is 17.6 Å². The molecule has 1 aromatic carbocycles. The van der Waals surface area contributed by atoms with Gasteiger partial charge in [0.1, 0.15) is 5.82 Å². The highest BCUT2D eigenvalue weighted by Crippen LogP contribution is 2.13. The number of nitrogens with one attached hydrogen (secondary N) is 1. The molecular weight excluding hydrogens is 285 g/mol. The third-order valence-electron chi connectivity index (χ3n) is 3.30. The van der Waals surface area contributed by atoms with Gasteiger partial charge in [0, 0.05) is 19.3 Å². The van der Waals surface area contributed by atoms with E-state index in [-0.39, 0.29) is 24.2 Å². The van der Waals surface area contributed by atoms with Crippen molar-refractivity contribution >= 4 is 5.91 Å². The first-order valence-electron chi connectivity index (χ1n) is 7.44. The lowest BCUT2D eigenvalue weighted by molar-refractivity contribution is -0.121. The second-order valence-corrected chi connectivity index (χ2v) is 5.20. The highest BCUT2D eigenvalue weighted by molar-refractivity contribution is 5.76. The van der Waals surface area contributed by atoms with Gasteiger partial charge in [-0.1, -0.05) is 24.2 Å². The number of hydrogen-bond donors (Lipinski definition) is 1. The normalized spacial score (nSPS) is 12.1. The van der Waals surface area contributed by atoms with E-state index in [4.69, 9.17) is 4.52 Å². The number of amides is 1. The molecule has 1 amide bonds. The van der Waals surface area contributed by atoms with Gasteiger partial charge in [-0.05, 0) is 31.0 Å². The van der Waals surface area contributed by atoms with Crippen LogP contribution in [0.4, 0.5) is 4.39 Å². The number of carbonyl (C=O) groups is 1. The zero-order chi connectivity index (χ0) is 15.9. The number of halogens is 1. The Balaban J connectivity index is 1.80. The van der Waals surface area contributed by atoms with Gasteiger partial charge in [-0.15, -0.1) is 0 Å². The van der Waals surface area contributed by atoms with Crippen molar-refractivity contribution in [3.63, 3.8) is 0 Å². The van der Waals surface area contributed by atoms with E-state index >= 15 is 0 Å². The molecule has 0 bridgehead atoms. The Hall–Kier alpha value is -2.24. The van der Waals surface area contributed by atoms with E-state index in [1.165, 1.54) is 12.1 Å². The lowest BCUT2D eigenvalue weighted by Gasteiger charge is -2.13. The van der Waals surface area contributed by atoms with E-state index in [1.807, 2.05) is 13.8 Å². The third kappa shape index (κ3) is 4.65. The predicted molar refractivity (Wildman–Crippen MR) is 79.6 cm³/mol. The van der Waals surface area contributed by atoms with E-state index in [0.717, 1.165) is 18.4 Å². The van der Waals surface area contributed by atoms with Crippen LogP contribution in [0, 0.1) is 5.82 Å². The highest BCUT2D eigenvalue weighted by Gasteiger charge is 2.12. The maximum atomic E-state index is 12.9. The van der Waals surface area contributed by atoms with Gasteiger partial charge in [-0.25, -0.2) is 4.39 Å². The Kier molecular flexibility index (Phi) is 5.63. The molecule has 0 saturated heterocycles. The zero-order valence-electron chi connectivity index (χ0n) is 12.8. The maximum Gasteiger partial charge on any atom is 0.227 e. The first kappa shape index (κ1) is 16.1. The van der Waals surface area contributed by atoms with Crippen molar-refractivity contribution in [2.45, 2.75) is 45.6 Å². The summed E-state index contributed by atoms with van der Waals surface area (Å²) in [5, 5.41) is 6.71. The zero-order valence-corrected chi connectivity index (χ0v) is 12.8. The standard InChI is InChI=1S/C16H20FN3O2/c1-3-4-14-19-16(22-20-14)10-9-15(21)18-11(2)12-5-7-13(17)8-6-12/h5-8,11H,3-4,9-10H2,1-2H3,(H,18,21). The van der Waals surface area contributed by atoms with E-state index in [9.17, 15) is 9.18 Å². The summed E-state index contributed by atoms with van der Waals surface area (Å²) >= 11 is 0. The fourth-order valence-electron chi connectivity index (χ4n) is 2.09. The molecule has 1 heterocycles. The minimum absolute atomic E-state index is 0.105. The second kappa shape index (κ2) is 7.68. The summed E-state index contributed by atoms with van der Waals surface area (Å²) in [6, 6.07) is 5.91. The van der Waals surface area contributed by atoms with Gasteiger partial charge in [0.15, 0.2) is 5.82 Å². The molecule has 0 aliphatic heterocycles. The molecule has 0 aliphatic carbocycles. The van der Waals surface area contributed by atoms with Gasteiger partial charge in [-0.3, -0.25) is 4.79 Å². The summed E-state index contributed by atoms with van der Waals surface area (Å²) in [6.45, 7) is 3.90. The number of rotatable bonds is 7. The Morgan fingerprint density at radius 1 is 1.32 bits per heavy atom. The lowest BCUT2D eigenvalue weighted by Crippen LogP contribution is -2.26. The summed E-state index contributed by atoms with van der Waals surface area (Å²) in [5.41, 5.74) is 0.859. The van der Waals surface area contributed by atoms with Crippen LogP contribution in [0.3, 0.4) is 0 Å². The monoisotopic (exact) mass is 305 g/mol. The van der Waals surface area contributed by atoms with Crippen molar-refractivity contribution in [1.82, 2.24) is 15.5 Å². The van der Waals surface area contributed by atoms with Crippen LogP contribution in [0.2, 0.25) is 0 Å². The quantitative estimate of drug-likeness (QED) is 0.854. The molecule has 1 aromatic heterocycles. The summed E-state index contributed by atoms with van der Waals surface area (Å²) in [6.07, 6.45) is 2.42. The molecule has 1 N–H and O–H groups in total. The Morgan fingerprint density at radius 2 is 2.05 bits per heavy atom. The van der Waals surface area contributed by atoms with Crippen LogP contribution < -0.4 is 5.32 Å². The molecule has 2 aromatic rings. The van der Waals surface area contributed by atoms with Crippen molar-refractivity contribution in [1.29, 1.82) is 0 Å². The lowest BCUT2D eigenvalue weighted by atomic mass is 10.1. The topological polar surface area (TPSA) is 68.0 Å². The molecule has 2 rings (SSSR count). The van der Waals surface area contributed by atoms with Crippen molar-refractivity contribution in [2.24, 2.45) is 0 Å². The molecule has 5 nitrogen and oxygen atoms in total. The van der Waals surface area contributed by atoms with Crippen molar-refractivity contribution < 1.29 is 13.7 Å². The molecule has 0 radical (unpaired) electrons. The summed E-state index contributed by atoms with van der Waals surface area (Å²) in [5.74, 6) is 0.763. The first-order valence-corrected chi connectivity index (χ1v) is 7.44. The first-order chi connectivity index (χ1) is 10.6. The minimum atomic E-state index is -0.290. The highest BCUT2D eigenvalue weighted by atomic mass is 19.1. The average Bonchev–Trinajstić information content (AvgIpc) is 2.94. The van der Waals surface area contributed by atoms with Crippen LogP contribution in [-0.4, -0.2) is 16.0 Å². The second-order valence-electron chi connectivity index (χ2n) is 5.20. The number of aryl methyl sites for hydroxylation is 2. The molecule has 0 fully saturated rings. The van der Waals surface area contributed by atoms with Crippen LogP contribution >= 0.6 is 0 Å². The molecule has 22 heavy (non-hydrogen) atoms. The largest absolute Gasteiger partial charge is 0.350 e. The number of carbonyl (C=O) groups excluding carboxylic acids is 1. The molecule has 118 valence electrons. The summed E-state index contributed by atoms with van der Waals surface area (Å²) in [7, 11) is 0. The van der Waals surface area contributed by atoms with Crippen LogP contribution in [0.1, 0.15) is 50.0 Å². The molecule has 0 saturated carbocycles. The predicted octanol–water partition coefficient (Wildman–Crippen LogP) is 2.97. The summed E-state index contributed by atoms with van der Waals surface area (Å²) < 4.78 is 18.0.